The van der Waals surface area contributed by atoms with Crippen LogP contribution in [0.25, 0.3) is 0 Å². The molecule has 1 aliphatic heterocycles. The molecule has 18 heavy (non-hydrogen) atoms. The van der Waals surface area contributed by atoms with Crippen LogP contribution in [0.1, 0.15) is 60.8 Å². The maximum absolute atomic E-state index is 5.55. The van der Waals surface area contributed by atoms with E-state index in [9.17, 15) is 0 Å². The summed E-state index contributed by atoms with van der Waals surface area (Å²) in [5.74, 6) is 0.886. The van der Waals surface area contributed by atoms with E-state index in [0.29, 0.717) is 11.5 Å². The lowest BCUT2D eigenvalue weighted by Gasteiger charge is -2.42. The highest BCUT2D eigenvalue weighted by molar-refractivity contribution is 4.84. The molecule has 0 radical (unpaired) electrons. The Kier molecular flexibility index (Phi) is 5.25. The van der Waals surface area contributed by atoms with Crippen LogP contribution in [-0.4, -0.2) is 36.7 Å². The first kappa shape index (κ1) is 16.0. The van der Waals surface area contributed by atoms with Gasteiger partial charge in [-0.25, -0.2) is 0 Å². The standard InChI is InChI=1S/C16H33NO/c1-13(12-16(5,6)18-7)17-10-8-14(9-11-17)15(2,3)4/h13-14H,8-12H2,1-7H3. The van der Waals surface area contributed by atoms with E-state index in [2.05, 4.69) is 46.4 Å². The smallest absolute Gasteiger partial charge is 0.0637 e. The van der Waals surface area contributed by atoms with Crippen molar-refractivity contribution in [3.63, 3.8) is 0 Å². The Bertz CT molecular complexity index is 246. The van der Waals surface area contributed by atoms with Gasteiger partial charge in [0.05, 0.1) is 5.60 Å². The minimum absolute atomic E-state index is 0.000290. The monoisotopic (exact) mass is 255 g/mol. The molecule has 1 aliphatic rings. The Morgan fingerprint density at radius 1 is 1.11 bits per heavy atom. The molecule has 0 saturated carbocycles. The van der Waals surface area contributed by atoms with Gasteiger partial charge in [-0.2, -0.15) is 0 Å². The highest BCUT2D eigenvalue weighted by atomic mass is 16.5. The number of methoxy groups -OCH3 is 1. The number of nitrogens with zero attached hydrogens (tertiary/aromatic N) is 1. The van der Waals surface area contributed by atoms with Crippen molar-refractivity contribution in [1.82, 2.24) is 4.90 Å². The molecular formula is C16H33NO. The van der Waals surface area contributed by atoms with Gasteiger partial charge in [0.2, 0.25) is 0 Å². The van der Waals surface area contributed by atoms with Crippen LogP contribution in [0.15, 0.2) is 0 Å². The van der Waals surface area contributed by atoms with E-state index in [0.717, 1.165) is 12.3 Å². The largest absolute Gasteiger partial charge is 0.379 e. The zero-order valence-electron chi connectivity index (χ0n) is 13.5. The van der Waals surface area contributed by atoms with Gasteiger partial charge in [-0.05, 0) is 64.5 Å². The van der Waals surface area contributed by atoms with Crippen LogP contribution >= 0.6 is 0 Å². The van der Waals surface area contributed by atoms with Gasteiger partial charge in [-0.3, -0.25) is 0 Å². The first-order chi connectivity index (χ1) is 8.15. The number of hydrogen-bond donors (Lipinski definition) is 0. The van der Waals surface area contributed by atoms with Crippen LogP contribution < -0.4 is 0 Å². The first-order valence-electron chi connectivity index (χ1n) is 7.45. The fourth-order valence-corrected chi connectivity index (χ4v) is 3.13. The topological polar surface area (TPSA) is 12.5 Å². The van der Waals surface area contributed by atoms with E-state index in [1.165, 1.54) is 25.9 Å². The van der Waals surface area contributed by atoms with Crippen molar-refractivity contribution in [2.24, 2.45) is 11.3 Å². The normalized spacial score (nSPS) is 22.2. The summed E-state index contributed by atoms with van der Waals surface area (Å²) in [5.41, 5.74) is 0.474. The summed E-state index contributed by atoms with van der Waals surface area (Å²) in [6, 6.07) is 0.626. The van der Waals surface area contributed by atoms with Crippen molar-refractivity contribution in [2.75, 3.05) is 20.2 Å². The number of hydrogen-bond acceptors (Lipinski definition) is 2. The Morgan fingerprint density at radius 3 is 2.00 bits per heavy atom. The highest BCUT2D eigenvalue weighted by Gasteiger charge is 2.31. The van der Waals surface area contributed by atoms with Crippen molar-refractivity contribution in [1.29, 1.82) is 0 Å². The Morgan fingerprint density at radius 2 is 1.61 bits per heavy atom. The molecule has 0 aromatic carbocycles. The van der Waals surface area contributed by atoms with E-state index in [1.807, 2.05) is 7.11 Å². The maximum atomic E-state index is 5.55. The van der Waals surface area contributed by atoms with Crippen molar-refractivity contribution < 1.29 is 4.74 Å². The Labute approximate surface area is 114 Å². The second-order valence-corrected chi connectivity index (χ2v) is 7.69. The number of piperidine rings is 1. The molecule has 108 valence electrons. The third-order valence-corrected chi connectivity index (χ3v) is 4.72. The summed E-state index contributed by atoms with van der Waals surface area (Å²) in [6.45, 7) is 16.4. The van der Waals surface area contributed by atoms with Crippen LogP contribution in [0.3, 0.4) is 0 Å². The number of likely N-dealkylation sites (tertiary alicyclic amines) is 1. The number of rotatable bonds is 4. The second-order valence-electron chi connectivity index (χ2n) is 7.69. The predicted molar refractivity (Wildman–Crippen MR) is 78.9 cm³/mol. The molecule has 0 bridgehead atoms. The summed E-state index contributed by atoms with van der Waals surface area (Å²) in [6.07, 6.45) is 3.81. The molecule has 1 rings (SSSR count). The van der Waals surface area contributed by atoms with Crippen molar-refractivity contribution >= 4 is 0 Å². The predicted octanol–water partition coefficient (Wildman–Crippen LogP) is 3.95. The van der Waals surface area contributed by atoms with Gasteiger partial charge in [0.1, 0.15) is 0 Å². The summed E-state index contributed by atoms with van der Waals surface area (Å²) in [4.78, 5) is 2.64. The van der Waals surface area contributed by atoms with Gasteiger partial charge in [0.25, 0.3) is 0 Å². The molecule has 1 atom stereocenters. The van der Waals surface area contributed by atoms with E-state index < -0.39 is 0 Å². The zero-order chi connectivity index (χ0) is 14.0. The fourth-order valence-electron chi connectivity index (χ4n) is 3.13. The summed E-state index contributed by atoms with van der Waals surface area (Å²) in [5, 5.41) is 0. The third-order valence-electron chi connectivity index (χ3n) is 4.72. The molecule has 0 amide bonds. The van der Waals surface area contributed by atoms with Gasteiger partial charge in [-0.1, -0.05) is 20.8 Å². The van der Waals surface area contributed by atoms with Crippen LogP contribution in [-0.2, 0) is 4.74 Å². The van der Waals surface area contributed by atoms with E-state index >= 15 is 0 Å². The molecule has 1 fully saturated rings. The highest BCUT2D eigenvalue weighted by Crippen LogP contribution is 2.35. The van der Waals surface area contributed by atoms with E-state index in [1.54, 1.807) is 0 Å². The first-order valence-corrected chi connectivity index (χ1v) is 7.45. The van der Waals surface area contributed by atoms with Crippen LogP contribution in [0, 0.1) is 11.3 Å². The molecule has 2 nitrogen and oxygen atoms in total. The van der Waals surface area contributed by atoms with E-state index in [4.69, 9.17) is 4.74 Å². The lowest BCUT2D eigenvalue weighted by molar-refractivity contribution is -0.0139. The van der Waals surface area contributed by atoms with Gasteiger partial charge in [-0.15, -0.1) is 0 Å². The van der Waals surface area contributed by atoms with Crippen LogP contribution in [0.4, 0.5) is 0 Å². The maximum Gasteiger partial charge on any atom is 0.0637 e. The van der Waals surface area contributed by atoms with E-state index in [-0.39, 0.29) is 5.60 Å². The Balaban J connectivity index is 2.43. The molecule has 0 aromatic heterocycles. The molecule has 0 aromatic rings. The van der Waals surface area contributed by atoms with Gasteiger partial charge in [0.15, 0.2) is 0 Å². The average molecular weight is 255 g/mol. The Hall–Kier alpha value is -0.0800. The van der Waals surface area contributed by atoms with Gasteiger partial charge >= 0.3 is 0 Å². The lowest BCUT2D eigenvalue weighted by atomic mass is 9.75. The van der Waals surface area contributed by atoms with Crippen molar-refractivity contribution in [3.8, 4) is 0 Å². The van der Waals surface area contributed by atoms with Gasteiger partial charge in [0, 0.05) is 13.2 Å². The third kappa shape index (κ3) is 4.55. The molecule has 0 spiro atoms. The molecular weight excluding hydrogens is 222 g/mol. The van der Waals surface area contributed by atoms with Crippen molar-refractivity contribution in [3.05, 3.63) is 0 Å². The molecule has 1 saturated heterocycles. The fraction of sp³-hybridized carbons (Fsp3) is 1.00. The molecule has 0 aliphatic carbocycles. The minimum Gasteiger partial charge on any atom is -0.379 e. The molecule has 1 heterocycles. The van der Waals surface area contributed by atoms with Crippen molar-refractivity contribution in [2.45, 2.75) is 72.4 Å². The summed E-state index contributed by atoms with van der Waals surface area (Å²) in [7, 11) is 1.82. The lowest BCUT2D eigenvalue weighted by Crippen LogP contribution is -2.45. The molecule has 0 N–H and O–H groups in total. The summed E-state index contributed by atoms with van der Waals surface area (Å²) >= 11 is 0. The molecule has 2 heteroatoms. The second kappa shape index (κ2) is 5.92. The minimum atomic E-state index is 0.000290. The van der Waals surface area contributed by atoms with Crippen LogP contribution in [0.5, 0.6) is 0 Å². The molecule has 1 unspecified atom stereocenters. The zero-order valence-corrected chi connectivity index (χ0v) is 13.5. The van der Waals surface area contributed by atoms with Crippen LogP contribution in [0.2, 0.25) is 0 Å². The SMILES string of the molecule is COC(C)(C)CC(C)N1CCC(C(C)(C)C)CC1. The average Bonchev–Trinajstić information content (AvgIpc) is 2.27. The van der Waals surface area contributed by atoms with Gasteiger partial charge < -0.3 is 9.64 Å². The quantitative estimate of drug-likeness (QED) is 0.754. The number of ether oxygens (including phenoxy) is 1. The summed E-state index contributed by atoms with van der Waals surface area (Å²) < 4.78 is 5.55.